The van der Waals surface area contributed by atoms with Gasteiger partial charge in [-0.1, -0.05) is 81.1 Å². The van der Waals surface area contributed by atoms with E-state index >= 15 is 0 Å². The van der Waals surface area contributed by atoms with Crippen LogP contribution in [-0.2, 0) is 16.1 Å². The van der Waals surface area contributed by atoms with Crippen LogP contribution in [0.15, 0.2) is 60.7 Å². The van der Waals surface area contributed by atoms with Crippen LogP contribution in [0.25, 0.3) is 0 Å². The fraction of sp³-hybridized carbons (Fsp3) is 0.381. The Morgan fingerprint density at radius 3 is 2.00 bits per heavy atom. The van der Waals surface area contributed by atoms with Crippen molar-refractivity contribution in [3.8, 4) is 5.75 Å². The second-order valence-corrected chi connectivity index (χ2v) is 5.65. The third kappa shape index (κ3) is 10.4. The summed E-state index contributed by atoms with van der Waals surface area (Å²) in [4.78, 5) is 11.4. The first kappa shape index (κ1) is 19.8. The molecule has 130 valence electrons. The minimum atomic E-state index is -0.0784. The van der Waals surface area contributed by atoms with Gasteiger partial charge < -0.3 is 9.84 Å². The van der Waals surface area contributed by atoms with Gasteiger partial charge in [-0.25, -0.2) is 0 Å². The molecule has 0 saturated carbocycles. The zero-order valence-corrected chi connectivity index (χ0v) is 14.5. The molecule has 0 atom stereocenters. The Hall–Kier alpha value is -2.29. The third-order valence-electron chi connectivity index (χ3n) is 3.48. The average Bonchev–Trinajstić information content (AvgIpc) is 2.62. The molecule has 2 rings (SSSR count). The Bertz CT molecular complexity index is 538. The molecule has 2 aromatic carbocycles. The van der Waals surface area contributed by atoms with Crippen molar-refractivity contribution >= 4 is 5.97 Å². The third-order valence-corrected chi connectivity index (χ3v) is 3.48. The second kappa shape index (κ2) is 13.2. The van der Waals surface area contributed by atoms with Gasteiger partial charge in [0, 0.05) is 6.42 Å². The minimum Gasteiger partial charge on any atom is -0.508 e. The molecule has 0 heterocycles. The van der Waals surface area contributed by atoms with Crippen LogP contribution in [0.2, 0.25) is 0 Å². The van der Waals surface area contributed by atoms with E-state index in [2.05, 4.69) is 6.92 Å². The molecule has 0 aliphatic carbocycles. The van der Waals surface area contributed by atoms with Crippen molar-refractivity contribution in [1.82, 2.24) is 0 Å². The first-order valence-electron chi connectivity index (χ1n) is 8.66. The molecule has 0 aromatic heterocycles. The standard InChI is InChI=1S/C15H22O2.C6H6O/c1-2-3-4-5-9-12-15(16)17-13-14-10-7-6-8-11-14;7-6-4-2-1-3-5-6/h6-8,10-11H,2-5,9,12-13H2,1H3;1-5,7H. The molecule has 0 fully saturated rings. The molecule has 0 saturated heterocycles. The van der Waals surface area contributed by atoms with Gasteiger partial charge in [-0.05, 0) is 24.1 Å². The Morgan fingerprint density at radius 1 is 0.875 bits per heavy atom. The fourth-order valence-corrected chi connectivity index (χ4v) is 2.11. The fourth-order valence-electron chi connectivity index (χ4n) is 2.11. The van der Waals surface area contributed by atoms with Crippen LogP contribution < -0.4 is 0 Å². The highest BCUT2D eigenvalue weighted by atomic mass is 16.5. The summed E-state index contributed by atoms with van der Waals surface area (Å²) in [5, 5.41) is 8.63. The van der Waals surface area contributed by atoms with E-state index < -0.39 is 0 Å². The molecule has 0 radical (unpaired) electrons. The number of carbonyl (C=O) groups excluding carboxylic acids is 1. The van der Waals surface area contributed by atoms with E-state index in [1.54, 1.807) is 24.3 Å². The molecule has 3 nitrogen and oxygen atoms in total. The SMILES string of the molecule is CCCCCCCC(=O)OCc1ccccc1.Oc1ccccc1. The van der Waals surface area contributed by atoms with Crippen LogP contribution >= 0.6 is 0 Å². The highest BCUT2D eigenvalue weighted by molar-refractivity contribution is 5.69. The summed E-state index contributed by atoms with van der Waals surface area (Å²) in [7, 11) is 0. The van der Waals surface area contributed by atoms with Gasteiger partial charge in [0.05, 0.1) is 0 Å². The average molecular weight is 328 g/mol. The molecule has 2 aromatic rings. The van der Waals surface area contributed by atoms with Crippen molar-refractivity contribution in [1.29, 1.82) is 0 Å². The lowest BCUT2D eigenvalue weighted by Gasteiger charge is -2.04. The number of rotatable bonds is 8. The van der Waals surface area contributed by atoms with Gasteiger partial charge >= 0.3 is 5.97 Å². The monoisotopic (exact) mass is 328 g/mol. The van der Waals surface area contributed by atoms with Gasteiger partial charge in [-0.15, -0.1) is 0 Å². The number of hydrogen-bond acceptors (Lipinski definition) is 3. The van der Waals surface area contributed by atoms with E-state index in [1.807, 2.05) is 36.4 Å². The van der Waals surface area contributed by atoms with Crippen molar-refractivity contribution in [2.75, 3.05) is 0 Å². The Morgan fingerprint density at radius 2 is 1.46 bits per heavy atom. The summed E-state index contributed by atoms with van der Waals surface area (Å²) in [5.41, 5.74) is 1.05. The molecule has 0 unspecified atom stereocenters. The van der Waals surface area contributed by atoms with Gasteiger partial charge in [-0.3, -0.25) is 4.79 Å². The van der Waals surface area contributed by atoms with E-state index in [0.29, 0.717) is 18.8 Å². The highest BCUT2D eigenvalue weighted by Crippen LogP contribution is 2.07. The summed E-state index contributed by atoms with van der Waals surface area (Å²) in [6.07, 6.45) is 6.36. The van der Waals surface area contributed by atoms with Crippen molar-refractivity contribution in [2.45, 2.75) is 52.1 Å². The van der Waals surface area contributed by atoms with Gasteiger partial charge in [-0.2, -0.15) is 0 Å². The molecule has 0 aliphatic heterocycles. The number of phenolic OH excluding ortho intramolecular Hbond substituents is 1. The second-order valence-electron chi connectivity index (χ2n) is 5.65. The summed E-state index contributed by atoms with van der Waals surface area (Å²) in [5.74, 6) is 0.243. The van der Waals surface area contributed by atoms with Crippen molar-refractivity contribution in [2.24, 2.45) is 0 Å². The van der Waals surface area contributed by atoms with Gasteiger partial charge in [0.15, 0.2) is 0 Å². The topological polar surface area (TPSA) is 46.5 Å². The van der Waals surface area contributed by atoms with E-state index in [-0.39, 0.29) is 5.97 Å². The number of carbonyl (C=O) groups is 1. The lowest BCUT2D eigenvalue weighted by molar-refractivity contribution is -0.145. The Balaban J connectivity index is 0.000000341. The van der Waals surface area contributed by atoms with Crippen molar-refractivity contribution in [3.63, 3.8) is 0 Å². The zero-order chi connectivity index (χ0) is 17.5. The number of phenols is 1. The van der Waals surface area contributed by atoms with E-state index in [1.165, 1.54) is 19.3 Å². The minimum absolute atomic E-state index is 0.0784. The molecule has 0 aliphatic rings. The zero-order valence-electron chi connectivity index (χ0n) is 14.5. The largest absolute Gasteiger partial charge is 0.508 e. The highest BCUT2D eigenvalue weighted by Gasteiger charge is 2.02. The van der Waals surface area contributed by atoms with Crippen LogP contribution in [0.5, 0.6) is 5.75 Å². The number of esters is 1. The molecular formula is C21H28O3. The van der Waals surface area contributed by atoms with Crippen LogP contribution in [-0.4, -0.2) is 11.1 Å². The van der Waals surface area contributed by atoms with Crippen LogP contribution in [0.3, 0.4) is 0 Å². The molecule has 0 spiro atoms. The summed E-state index contributed by atoms with van der Waals surface area (Å²) in [6, 6.07) is 18.5. The predicted molar refractivity (Wildman–Crippen MR) is 97.7 cm³/mol. The lowest BCUT2D eigenvalue weighted by atomic mass is 10.1. The van der Waals surface area contributed by atoms with Crippen LogP contribution in [0.4, 0.5) is 0 Å². The van der Waals surface area contributed by atoms with Gasteiger partial charge in [0.1, 0.15) is 12.4 Å². The van der Waals surface area contributed by atoms with Gasteiger partial charge in [0.25, 0.3) is 0 Å². The van der Waals surface area contributed by atoms with Crippen molar-refractivity contribution < 1.29 is 14.6 Å². The number of ether oxygens (including phenoxy) is 1. The van der Waals surface area contributed by atoms with Crippen LogP contribution in [0.1, 0.15) is 51.0 Å². The molecule has 0 amide bonds. The van der Waals surface area contributed by atoms with Crippen molar-refractivity contribution in [3.05, 3.63) is 66.2 Å². The first-order valence-corrected chi connectivity index (χ1v) is 8.66. The summed E-state index contributed by atoms with van der Waals surface area (Å²) >= 11 is 0. The quantitative estimate of drug-likeness (QED) is 0.515. The number of para-hydroxylation sites is 1. The van der Waals surface area contributed by atoms with E-state index in [9.17, 15) is 4.79 Å². The normalized spacial score (nSPS) is 9.71. The van der Waals surface area contributed by atoms with Crippen LogP contribution in [0, 0.1) is 0 Å². The first-order chi connectivity index (χ1) is 11.7. The maximum absolute atomic E-state index is 11.4. The maximum Gasteiger partial charge on any atom is 0.306 e. The number of hydrogen-bond donors (Lipinski definition) is 1. The van der Waals surface area contributed by atoms with E-state index in [4.69, 9.17) is 9.84 Å². The Labute approximate surface area is 145 Å². The van der Waals surface area contributed by atoms with Gasteiger partial charge in [0.2, 0.25) is 0 Å². The number of aromatic hydroxyl groups is 1. The summed E-state index contributed by atoms with van der Waals surface area (Å²) in [6.45, 7) is 2.59. The molecule has 1 N–H and O–H groups in total. The number of benzene rings is 2. The Kier molecular flexibility index (Phi) is 10.8. The molecule has 0 bridgehead atoms. The molecule has 24 heavy (non-hydrogen) atoms. The molecular weight excluding hydrogens is 300 g/mol. The van der Waals surface area contributed by atoms with E-state index in [0.717, 1.165) is 18.4 Å². The lowest BCUT2D eigenvalue weighted by Crippen LogP contribution is -2.04. The predicted octanol–water partition coefficient (Wildman–Crippen LogP) is 5.48. The summed E-state index contributed by atoms with van der Waals surface area (Å²) < 4.78 is 5.20. The smallest absolute Gasteiger partial charge is 0.306 e. The number of unbranched alkanes of at least 4 members (excludes halogenated alkanes) is 4. The maximum atomic E-state index is 11.4. The molecule has 3 heteroatoms.